The summed E-state index contributed by atoms with van der Waals surface area (Å²) in [6.07, 6.45) is 2.76. The summed E-state index contributed by atoms with van der Waals surface area (Å²) in [4.78, 5) is 12.1. The molecule has 19 heavy (non-hydrogen) atoms. The maximum atomic E-state index is 13.5. The largest absolute Gasteiger partial charge is 0.349 e. The van der Waals surface area contributed by atoms with E-state index in [1.807, 2.05) is 13.0 Å². The van der Waals surface area contributed by atoms with E-state index in [-0.39, 0.29) is 29.7 Å². The second kappa shape index (κ2) is 5.70. The first-order chi connectivity index (χ1) is 8.99. The number of benzene rings is 1. The molecule has 1 aliphatic rings. The zero-order chi connectivity index (χ0) is 14.0. The molecule has 0 bridgehead atoms. The highest BCUT2D eigenvalue weighted by molar-refractivity contribution is 5.80. The number of nitrogens with two attached hydrogens (primary N) is 1. The summed E-state index contributed by atoms with van der Waals surface area (Å²) in [5.41, 5.74) is 7.31. The molecule has 0 heterocycles. The summed E-state index contributed by atoms with van der Waals surface area (Å²) in [7, 11) is 0. The van der Waals surface area contributed by atoms with Crippen LogP contribution in [-0.4, -0.2) is 11.9 Å². The molecule has 3 N–H and O–H groups in total. The summed E-state index contributed by atoms with van der Waals surface area (Å²) in [6, 6.07) is 4.82. The molecule has 0 spiro atoms. The summed E-state index contributed by atoms with van der Waals surface area (Å²) in [5.74, 6) is -0.354. The van der Waals surface area contributed by atoms with Gasteiger partial charge in [-0.3, -0.25) is 4.79 Å². The van der Waals surface area contributed by atoms with Gasteiger partial charge in [-0.1, -0.05) is 18.6 Å². The summed E-state index contributed by atoms with van der Waals surface area (Å²) in [6.45, 7) is 3.59. The third-order valence-corrected chi connectivity index (χ3v) is 3.96. The summed E-state index contributed by atoms with van der Waals surface area (Å²) < 4.78 is 13.5. The van der Waals surface area contributed by atoms with E-state index >= 15 is 0 Å². The zero-order valence-electron chi connectivity index (χ0n) is 11.4. The number of hydrogen-bond acceptors (Lipinski definition) is 2. The molecule has 3 nitrogen and oxygen atoms in total. The lowest BCUT2D eigenvalue weighted by molar-refractivity contribution is -0.125. The minimum absolute atomic E-state index is 0.0153. The minimum Gasteiger partial charge on any atom is -0.349 e. The Labute approximate surface area is 113 Å². The molecule has 0 aromatic heterocycles. The van der Waals surface area contributed by atoms with E-state index in [1.165, 1.54) is 6.07 Å². The smallest absolute Gasteiger partial charge is 0.225 e. The Morgan fingerprint density at radius 2 is 2.21 bits per heavy atom. The molecule has 0 aliphatic heterocycles. The molecule has 3 unspecified atom stereocenters. The van der Waals surface area contributed by atoms with Gasteiger partial charge in [0.15, 0.2) is 0 Å². The van der Waals surface area contributed by atoms with Crippen molar-refractivity contribution in [1.29, 1.82) is 0 Å². The standard InChI is InChI=1S/C15H21FN2O/c1-9-6-7-11(8-13(9)16)10(2)18-15(19)12-4-3-5-14(12)17/h6-8,10,12,14H,3-5,17H2,1-2H3,(H,18,19). The predicted molar refractivity (Wildman–Crippen MR) is 73.0 cm³/mol. The Hall–Kier alpha value is -1.42. The van der Waals surface area contributed by atoms with E-state index in [2.05, 4.69) is 5.32 Å². The van der Waals surface area contributed by atoms with Crippen molar-refractivity contribution in [2.75, 3.05) is 0 Å². The summed E-state index contributed by atoms with van der Waals surface area (Å²) >= 11 is 0. The van der Waals surface area contributed by atoms with Crippen molar-refractivity contribution in [2.45, 2.75) is 45.2 Å². The SMILES string of the molecule is Cc1ccc(C(C)NC(=O)C2CCCC2N)cc1F. The average Bonchev–Trinajstić information content (AvgIpc) is 2.79. The normalized spacial score (nSPS) is 24.2. The van der Waals surface area contributed by atoms with E-state index < -0.39 is 0 Å². The van der Waals surface area contributed by atoms with Crippen LogP contribution in [0.15, 0.2) is 18.2 Å². The van der Waals surface area contributed by atoms with E-state index in [4.69, 9.17) is 5.73 Å². The predicted octanol–water partition coefficient (Wildman–Crippen LogP) is 2.44. The van der Waals surface area contributed by atoms with Gasteiger partial charge in [0.05, 0.1) is 12.0 Å². The molecule has 0 saturated heterocycles. The number of rotatable bonds is 3. The van der Waals surface area contributed by atoms with Gasteiger partial charge in [-0.05, 0) is 43.9 Å². The monoisotopic (exact) mass is 264 g/mol. The molecule has 1 amide bonds. The minimum atomic E-state index is -0.240. The number of hydrogen-bond donors (Lipinski definition) is 2. The quantitative estimate of drug-likeness (QED) is 0.881. The van der Waals surface area contributed by atoms with Crippen LogP contribution in [0.2, 0.25) is 0 Å². The van der Waals surface area contributed by atoms with Gasteiger partial charge in [0.1, 0.15) is 5.82 Å². The molecule has 4 heteroatoms. The van der Waals surface area contributed by atoms with Crippen LogP contribution in [0.3, 0.4) is 0 Å². The highest BCUT2D eigenvalue weighted by Crippen LogP contribution is 2.25. The number of nitrogens with one attached hydrogen (secondary N) is 1. The van der Waals surface area contributed by atoms with Crippen LogP contribution in [0.4, 0.5) is 4.39 Å². The van der Waals surface area contributed by atoms with Crippen molar-refractivity contribution in [3.8, 4) is 0 Å². The van der Waals surface area contributed by atoms with Gasteiger partial charge in [-0.25, -0.2) is 4.39 Å². The molecule has 1 saturated carbocycles. The molecular formula is C15H21FN2O. The Balaban J connectivity index is 2.02. The average molecular weight is 264 g/mol. The maximum Gasteiger partial charge on any atom is 0.225 e. The lowest BCUT2D eigenvalue weighted by Gasteiger charge is -2.20. The summed E-state index contributed by atoms with van der Waals surface area (Å²) in [5, 5.41) is 2.93. The number of carbonyl (C=O) groups is 1. The van der Waals surface area contributed by atoms with Crippen LogP contribution in [0.25, 0.3) is 0 Å². The highest BCUT2D eigenvalue weighted by atomic mass is 19.1. The van der Waals surface area contributed by atoms with Gasteiger partial charge in [0.2, 0.25) is 5.91 Å². The maximum absolute atomic E-state index is 13.5. The van der Waals surface area contributed by atoms with Gasteiger partial charge in [0.25, 0.3) is 0 Å². The van der Waals surface area contributed by atoms with Gasteiger partial charge in [-0.15, -0.1) is 0 Å². The fraction of sp³-hybridized carbons (Fsp3) is 0.533. The molecule has 1 fully saturated rings. The third kappa shape index (κ3) is 3.13. The van der Waals surface area contributed by atoms with Crippen molar-refractivity contribution in [2.24, 2.45) is 11.7 Å². The van der Waals surface area contributed by atoms with Crippen LogP contribution >= 0.6 is 0 Å². The molecule has 1 aromatic rings. The van der Waals surface area contributed by atoms with Crippen molar-refractivity contribution in [3.63, 3.8) is 0 Å². The molecule has 1 aliphatic carbocycles. The first kappa shape index (κ1) is 14.0. The lowest BCUT2D eigenvalue weighted by atomic mass is 10.0. The first-order valence-corrected chi connectivity index (χ1v) is 6.81. The second-order valence-corrected chi connectivity index (χ2v) is 5.44. The lowest BCUT2D eigenvalue weighted by Crippen LogP contribution is -2.39. The van der Waals surface area contributed by atoms with Crippen LogP contribution in [-0.2, 0) is 4.79 Å². The molecule has 104 valence electrons. The first-order valence-electron chi connectivity index (χ1n) is 6.81. The third-order valence-electron chi connectivity index (χ3n) is 3.96. The van der Waals surface area contributed by atoms with E-state index in [0.29, 0.717) is 5.56 Å². The van der Waals surface area contributed by atoms with Crippen LogP contribution in [0.5, 0.6) is 0 Å². The van der Waals surface area contributed by atoms with Crippen LogP contribution in [0, 0.1) is 18.7 Å². The topological polar surface area (TPSA) is 55.1 Å². The highest BCUT2D eigenvalue weighted by Gasteiger charge is 2.30. The van der Waals surface area contributed by atoms with Gasteiger partial charge in [0, 0.05) is 6.04 Å². The second-order valence-electron chi connectivity index (χ2n) is 5.44. The Morgan fingerprint density at radius 3 is 2.79 bits per heavy atom. The fourth-order valence-electron chi connectivity index (χ4n) is 2.60. The Bertz CT molecular complexity index is 475. The van der Waals surface area contributed by atoms with E-state index in [0.717, 1.165) is 24.8 Å². The van der Waals surface area contributed by atoms with Crippen molar-refractivity contribution < 1.29 is 9.18 Å². The fourth-order valence-corrected chi connectivity index (χ4v) is 2.60. The van der Waals surface area contributed by atoms with E-state index in [9.17, 15) is 9.18 Å². The molecule has 0 radical (unpaired) electrons. The zero-order valence-corrected chi connectivity index (χ0v) is 11.4. The molecule has 2 rings (SSSR count). The molecular weight excluding hydrogens is 243 g/mol. The van der Waals surface area contributed by atoms with Gasteiger partial charge < -0.3 is 11.1 Å². The van der Waals surface area contributed by atoms with Crippen molar-refractivity contribution in [3.05, 3.63) is 35.1 Å². The number of carbonyl (C=O) groups excluding carboxylic acids is 1. The van der Waals surface area contributed by atoms with Crippen LogP contribution in [0.1, 0.15) is 43.4 Å². The van der Waals surface area contributed by atoms with Gasteiger partial charge >= 0.3 is 0 Å². The van der Waals surface area contributed by atoms with Crippen LogP contribution < -0.4 is 11.1 Å². The Kier molecular flexibility index (Phi) is 4.20. The number of halogens is 1. The molecule has 3 atom stereocenters. The van der Waals surface area contributed by atoms with Crippen molar-refractivity contribution >= 4 is 5.91 Å². The number of amides is 1. The Morgan fingerprint density at radius 1 is 1.47 bits per heavy atom. The van der Waals surface area contributed by atoms with E-state index in [1.54, 1.807) is 13.0 Å². The molecule has 1 aromatic carbocycles. The number of aryl methyl sites for hydroxylation is 1. The van der Waals surface area contributed by atoms with Crippen molar-refractivity contribution in [1.82, 2.24) is 5.32 Å². The van der Waals surface area contributed by atoms with Gasteiger partial charge in [-0.2, -0.15) is 0 Å².